The lowest BCUT2D eigenvalue weighted by molar-refractivity contribution is 0.224. The van der Waals surface area contributed by atoms with E-state index in [0.717, 1.165) is 18.8 Å². The van der Waals surface area contributed by atoms with E-state index in [1.165, 1.54) is 25.7 Å². The van der Waals surface area contributed by atoms with Crippen LogP contribution < -0.4 is 11.5 Å². The first-order valence-electron chi connectivity index (χ1n) is 7.36. The van der Waals surface area contributed by atoms with Gasteiger partial charge in [0, 0.05) is 17.4 Å². The van der Waals surface area contributed by atoms with Gasteiger partial charge < -0.3 is 11.5 Å². The lowest BCUT2D eigenvalue weighted by atomic mass is 10.1. The number of allylic oxidation sites excluding steroid dienone is 3. The number of nitrogens with zero attached hydrogens (tertiary/aromatic N) is 1. The van der Waals surface area contributed by atoms with Crippen LogP contribution in [0.25, 0.3) is 0 Å². The lowest BCUT2D eigenvalue weighted by Gasteiger charge is -2.29. The first-order valence-corrected chi connectivity index (χ1v) is 7.36. The van der Waals surface area contributed by atoms with Crippen LogP contribution in [0.5, 0.6) is 0 Å². The second-order valence-electron chi connectivity index (χ2n) is 4.97. The molecule has 1 atom stereocenters. The average molecular weight is 265 g/mol. The van der Waals surface area contributed by atoms with Gasteiger partial charge in [-0.25, -0.2) is 0 Å². The number of rotatable bonds is 10. The molecule has 19 heavy (non-hydrogen) atoms. The van der Waals surface area contributed by atoms with E-state index in [9.17, 15) is 0 Å². The van der Waals surface area contributed by atoms with Crippen LogP contribution >= 0.6 is 0 Å². The lowest BCUT2D eigenvalue weighted by Crippen LogP contribution is -2.38. The molecule has 0 aliphatic carbocycles. The van der Waals surface area contributed by atoms with E-state index >= 15 is 0 Å². The first-order chi connectivity index (χ1) is 9.06. The summed E-state index contributed by atoms with van der Waals surface area (Å²) >= 11 is 0. The maximum absolute atomic E-state index is 6.16. The van der Waals surface area contributed by atoms with E-state index in [-0.39, 0.29) is 6.04 Å². The molecule has 0 heterocycles. The minimum Gasteiger partial charge on any atom is -0.401 e. The second-order valence-corrected chi connectivity index (χ2v) is 4.97. The van der Waals surface area contributed by atoms with E-state index in [1.54, 1.807) is 12.2 Å². The minimum atomic E-state index is 0.231. The van der Waals surface area contributed by atoms with Gasteiger partial charge in [0.05, 0.1) is 0 Å². The molecule has 0 rings (SSSR count). The Labute approximate surface area is 119 Å². The van der Waals surface area contributed by atoms with Crippen molar-refractivity contribution in [1.29, 1.82) is 0 Å². The smallest absolute Gasteiger partial charge is 0.0465 e. The molecule has 0 radical (unpaired) electrons. The van der Waals surface area contributed by atoms with Crippen molar-refractivity contribution in [1.82, 2.24) is 4.90 Å². The van der Waals surface area contributed by atoms with Gasteiger partial charge in [-0.3, -0.25) is 4.90 Å². The molecule has 0 saturated heterocycles. The highest BCUT2D eigenvalue weighted by molar-refractivity contribution is 5.24. The molecule has 0 amide bonds. The summed E-state index contributed by atoms with van der Waals surface area (Å²) in [6.07, 6.45) is 10.1. The highest BCUT2D eigenvalue weighted by Gasteiger charge is 2.15. The quantitative estimate of drug-likeness (QED) is 0.597. The Morgan fingerprint density at radius 3 is 2.11 bits per heavy atom. The van der Waals surface area contributed by atoms with Crippen molar-refractivity contribution in [3.05, 3.63) is 36.2 Å². The SMILES string of the molecule is C=C/C=C(N)\C=C(\N)C(C)N(CCCC)CCCC. The summed E-state index contributed by atoms with van der Waals surface area (Å²) in [7, 11) is 0. The van der Waals surface area contributed by atoms with Crippen LogP contribution in [0.3, 0.4) is 0 Å². The maximum atomic E-state index is 6.16. The Morgan fingerprint density at radius 1 is 1.16 bits per heavy atom. The van der Waals surface area contributed by atoms with Crippen molar-refractivity contribution in [3.8, 4) is 0 Å². The molecular weight excluding hydrogens is 234 g/mol. The predicted octanol–water partition coefficient (Wildman–Crippen LogP) is 3.15. The molecule has 0 fully saturated rings. The molecule has 0 spiro atoms. The fraction of sp³-hybridized carbons (Fsp3) is 0.625. The van der Waals surface area contributed by atoms with Crippen molar-refractivity contribution < 1.29 is 0 Å². The van der Waals surface area contributed by atoms with Crippen molar-refractivity contribution in [2.45, 2.75) is 52.5 Å². The van der Waals surface area contributed by atoms with Crippen LogP contribution in [0.4, 0.5) is 0 Å². The van der Waals surface area contributed by atoms with E-state index in [0.29, 0.717) is 5.70 Å². The fourth-order valence-corrected chi connectivity index (χ4v) is 1.93. The summed E-state index contributed by atoms with van der Waals surface area (Å²) in [5.74, 6) is 0. The predicted molar refractivity (Wildman–Crippen MR) is 85.6 cm³/mol. The summed E-state index contributed by atoms with van der Waals surface area (Å²) in [6, 6.07) is 0.231. The first kappa shape index (κ1) is 17.8. The van der Waals surface area contributed by atoms with E-state index in [2.05, 4.69) is 32.3 Å². The summed E-state index contributed by atoms with van der Waals surface area (Å²) in [4.78, 5) is 2.44. The molecule has 0 aliphatic rings. The van der Waals surface area contributed by atoms with Gasteiger partial charge in [0.15, 0.2) is 0 Å². The molecule has 0 aromatic rings. The highest BCUT2D eigenvalue weighted by Crippen LogP contribution is 2.10. The van der Waals surface area contributed by atoms with Crippen LogP contribution in [0.1, 0.15) is 46.5 Å². The molecule has 0 aromatic carbocycles. The van der Waals surface area contributed by atoms with Gasteiger partial charge in [-0.2, -0.15) is 0 Å². The zero-order valence-electron chi connectivity index (χ0n) is 12.9. The van der Waals surface area contributed by atoms with Crippen LogP contribution in [0, 0.1) is 0 Å². The van der Waals surface area contributed by atoms with Gasteiger partial charge in [0.2, 0.25) is 0 Å². The second kappa shape index (κ2) is 10.7. The third kappa shape index (κ3) is 7.73. The van der Waals surface area contributed by atoms with Crippen molar-refractivity contribution in [2.75, 3.05) is 13.1 Å². The molecule has 4 N–H and O–H groups in total. The molecule has 110 valence electrons. The molecule has 3 nitrogen and oxygen atoms in total. The zero-order chi connectivity index (χ0) is 14.7. The number of unbranched alkanes of at least 4 members (excludes halogenated alkanes) is 2. The summed E-state index contributed by atoms with van der Waals surface area (Å²) < 4.78 is 0. The van der Waals surface area contributed by atoms with Gasteiger partial charge in [0.25, 0.3) is 0 Å². The van der Waals surface area contributed by atoms with Crippen LogP contribution in [0.15, 0.2) is 36.2 Å². The number of hydrogen-bond donors (Lipinski definition) is 2. The summed E-state index contributed by atoms with van der Waals surface area (Å²) in [6.45, 7) is 12.4. The van der Waals surface area contributed by atoms with E-state index in [1.807, 2.05) is 6.08 Å². The Hall–Kier alpha value is -1.22. The monoisotopic (exact) mass is 265 g/mol. The molecule has 3 heteroatoms. The van der Waals surface area contributed by atoms with Crippen molar-refractivity contribution in [2.24, 2.45) is 11.5 Å². The molecule has 0 aliphatic heterocycles. The minimum absolute atomic E-state index is 0.231. The largest absolute Gasteiger partial charge is 0.401 e. The fourth-order valence-electron chi connectivity index (χ4n) is 1.93. The Bertz CT molecular complexity index is 297. The van der Waals surface area contributed by atoms with E-state index in [4.69, 9.17) is 11.5 Å². The normalized spacial score (nSPS) is 14.7. The number of hydrogen-bond acceptors (Lipinski definition) is 3. The van der Waals surface area contributed by atoms with Gasteiger partial charge in [0.1, 0.15) is 0 Å². The molecule has 0 saturated carbocycles. The summed E-state index contributed by atoms with van der Waals surface area (Å²) in [5.41, 5.74) is 13.5. The highest BCUT2D eigenvalue weighted by atomic mass is 15.2. The van der Waals surface area contributed by atoms with Crippen molar-refractivity contribution >= 4 is 0 Å². The van der Waals surface area contributed by atoms with Gasteiger partial charge >= 0.3 is 0 Å². The molecular formula is C16H31N3. The van der Waals surface area contributed by atoms with Gasteiger partial charge in [-0.15, -0.1) is 0 Å². The third-order valence-corrected chi connectivity index (χ3v) is 3.27. The Balaban J connectivity index is 4.70. The summed E-state index contributed by atoms with van der Waals surface area (Å²) in [5, 5.41) is 0. The van der Waals surface area contributed by atoms with Crippen LogP contribution in [-0.2, 0) is 0 Å². The molecule has 0 bridgehead atoms. The van der Waals surface area contributed by atoms with Gasteiger partial charge in [-0.05, 0) is 45.0 Å². The van der Waals surface area contributed by atoms with Crippen molar-refractivity contribution in [3.63, 3.8) is 0 Å². The standard InChI is InChI=1S/C16H31N3/c1-5-8-11-19(12-9-6-2)14(4)16(18)13-15(17)10-7-3/h7,10,13-14H,3,5-6,8-9,11-12,17-18H2,1-2,4H3/b15-10+,16-13+. The third-order valence-electron chi connectivity index (χ3n) is 3.27. The molecule has 0 aromatic heterocycles. The Morgan fingerprint density at radius 2 is 1.68 bits per heavy atom. The topological polar surface area (TPSA) is 55.3 Å². The maximum Gasteiger partial charge on any atom is 0.0465 e. The Kier molecular flexibility index (Phi) is 9.99. The van der Waals surface area contributed by atoms with Gasteiger partial charge in [-0.1, -0.05) is 39.3 Å². The van der Waals surface area contributed by atoms with Crippen LogP contribution in [-0.4, -0.2) is 24.0 Å². The van der Waals surface area contributed by atoms with E-state index < -0.39 is 0 Å². The zero-order valence-corrected chi connectivity index (χ0v) is 12.9. The molecule has 1 unspecified atom stereocenters. The van der Waals surface area contributed by atoms with Crippen LogP contribution in [0.2, 0.25) is 0 Å². The number of nitrogens with two attached hydrogens (primary N) is 2. The average Bonchev–Trinajstić information content (AvgIpc) is 2.38.